The number of hydrogen-bond donors (Lipinski definition) is 1. The zero-order valence-electron chi connectivity index (χ0n) is 24.5. The van der Waals surface area contributed by atoms with Crippen LogP contribution in [-0.2, 0) is 32.6 Å². The minimum absolute atomic E-state index is 0.0905. The van der Waals surface area contributed by atoms with Crippen LogP contribution in [0.15, 0.2) is 77.3 Å². The van der Waals surface area contributed by atoms with E-state index in [-0.39, 0.29) is 30.6 Å². The van der Waals surface area contributed by atoms with E-state index in [1.54, 1.807) is 12.1 Å². The van der Waals surface area contributed by atoms with Crippen molar-refractivity contribution in [3.05, 3.63) is 88.4 Å². The number of amides is 2. The molecule has 3 aromatic carbocycles. The highest BCUT2D eigenvalue weighted by Crippen LogP contribution is 2.32. The predicted octanol–water partition coefficient (Wildman–Crippen LogP) is 4.79. The van der Waals surface area contributed by atoms with Gasteiger partial charge < -0.3 is 19.7 Å². The van der Waals surface area contributed by atoms with Crippen molar-refractivity contribution in [1.29, 1.82) is 0 Å². The summed E-state index contributed by atoms with van der Waals surface area (Å²) in [4.78, 5) is 29.4. The highest BCUT2D eigenvalue weighted by atomic mass is 79.9. The maximum atomic E-state index is 14.2. The van der Waals surface area contributed by atoms with Crippen LogP contribution < -0.4 is 19.1 Å². The fourth-order valence-corrected chi connectivity index (χ4v) is 5.71. The summed E-state index contributed by atoms with van der Waals surface area (Å²) < 4.78 is 38.5. The van der Waals surface area contributed by atoms with Crippen LogP contribution in [0, 0.1) is 0 Å². The lowest BCUT2D eigenvalue weighted by Crippen LogP contribution is -2.54. The first-order valence-corrected chi connectivity index (χ1v) is 16.2. The first kappa shape index (κ1) is 32.9. The topological polar surface area (TPSA) is 105 Å². The largest absolute Gasteiger partial charge is 0.493 e. The maximum absolute atomic E-state index is 14.2. The number of rotatable bonds is 14. The number of methoxy groups -OCH3 is 2. The molecule has 3 aromatic rings. The smallest absolute Gasteiger partial charge is 0.244 e. The molecule has 0 aromatic heterocycles. The van der Waals surface area contributed by atoms with E-state index >= 15 is 0 Å². The van der Waals surface area contributed by atoms with Gasteiger partial charge in [0, 0.05) is 29.5 Å². The fourth-order valence-electron chi connectivity index (χ4n) is 4.42. The van der Waals surface area contributed by atoms with Crippen molar-refractivity contribution in [2.75, 3.05) is 31.3 Å². The van der Waals surface area contributed by atoms with Crippen LogP contribution in [-0.4, -0.2) is 64.2 Å². The summed E-state index contributed by atoms with van der Waals surface area (Å²) in [6.45, 7) is 3.44. The van der Waals surface area contributed by atoms with Gasteiger partial charge in [0.05, 0.1) is 26.2 Å². The van der Waals surface area contributed by atoms with Crippen LogP contribution in [0.4, 0.5) is 5.69 Å². The number of hydrogen-bond acceptors (Lipinski definition) is 6. The van der Waals surface area contributed by atoms with Gasteiger partial charge in [-0.15, -0.1) is 0 Å². The van der Waals surface area contributed by atoms with Crippen molar-refractivity contribution < 1.29 is 27.5 Å². The van der Waals surface area contributed by atoms with Crippen molar-refractivity contribution in [3.8, 4) is 11.5 Å². The molecular weight excluding hydrogens is 622 g/mol. The predicted molar refractivity (Wildman–Crippen MR) is 168 cm³/mol. The van der Waals surface area contributed by atoms with E-state index in [0.29, 0.717) is 17.9 Å². The summed E-state index contributed by atoms with van der Waals surface area (Å²) in [6.07, 6.45) is 2.00. The Morgan fingerprint density at radius 3 is 2.19 bits per heavy atom. The molecule has 0 saturated carbocycles. The summed E-state index contributed by atoms with van der Waals surface area (Å²) in [6, 6.07) is 20.5. The second kappa shape index (κ2) is 15.1. The van der Waals surface area contributed by atoms with Crippen LogP contribution in [0.2, 0.25) is 0 Å². The van der Waals surface area contributed by atoms with Gasteiger partial charge in [-0.25, -0.2) is 8.42 Å². The minimum atomic E-state index is -3.92. The molecule has 1 N–H and O–H groups in total. The third-order valence-electron chi connectivity index (χ3n) is 6.85. The summed E-state index contributed by atoms with van der Waals surface area (Å²) in [5.41, 5.74) is 1.88. The molecule has 2 unspecified atom stereocenters. The van der Waals surface area contributed by atoms with Crippen molar-refractivity contribution in [2.45, 2.75) is 45.3 Å². The molecule has 2 amide bonds. The third-order valence-corrected chi connectivity index (χ3v) is 8.48. The van der Waals surface area contributed by atoms with Gasteiger partial charge in [-0.3, -0.25) is 13.9 Å². The highest BCUT2D eigenvalue weighted by molar-refractivity contribution is 9.10. The molecule has 226 valence electrons. The number of carbonyl (C=O) groups excluding carboxylic acids is 2. The van der Waals surface area contributed by atoms with E-state index < -0.39 is 28.5 Å². The monoisotopic (exact) mass is 659 g/mol. The van der Waals surface area contributed by atoms with Crippen molar-refractivity contribution in [2.24, 2.45) is 0 Å². The van der Waals surface area contributed by atoms with Gasteiger partial charge in [-0.2, -0.15) is 0 Å². The molecule has 0 bridgehead atoms. The number of halogens is 1. The average Bonchev–Trinajstić information content (AvgIpc) is 2.97. The van der Waals surface area contributed by atoms with Gasteiger partial charge in [0.2, 0.25) is 21.8 Å². The number of sulfonamides is 1. The zero-order chi connectivity index (χ0) is 30.9. The number of nitrogens with one attached hydrogen (secondary N) is 1. The molecule has 3 rings (SSSR count). The average molecular weight is 661 g/mol. The molecule has 0 aliphatic carbocycles. The Morgan fingerprint density at radius 1 is 0.929 bits per heavy atom. The second-order valence-electron chi connectivity index (χ2n) is 9.98. The number of ether oxygens (including phenoxy) is 2. The first-order valence-electron chi connectivity index (χ1n) is 13.5. The van der Waals surface area contributed by atoms with Crippen LogP contribution in [0.25, 0.3) is 0 Å². The Morgan fingerprint density at radius 2 is 1.60 bits per heavy atom. The maximum Gasteiger partial charge on any atom is 0.244 e. The molecule has 0 heterocycles. The van der Waals surface area contributed by atoms with E-state index in [1.807, 2.05) is 68.4 Å². The quantitative estimate of drug-likeness (QED) is 0.267. The summed E-state index contributed by atoms with van der Waals surface area (Å²) in [5.74, 6) is -0.108. The van der Waals surface area contributed by atoms with Crippen molar-refractivity contribution >= 4 is 43.5 Å². The molecule has 42 heavy (non-hydrogen) atoms. The fraction of sp³-hybridized carbons (Fsp3) is 0.355. The molecule has 9 nitrogen and oxygen atoms in total. The Hall–Kier alpha value is -3.57. The standard InChI is InChI=1S/C31H38BrN3O6S/c1-6-22(2)33-31(37)27(18-23-11-8-7-9-12-23)34(20-24-13-10-14-25(32)17-24)30(36)21-35(42(5,38)39)26-15-16-28(40-3)29(19-26)41-4/h7-17,19,22,27H,6,18,20-21H2,1-5H3,(H,33,37). The highest BCUT2D eigenvalue weighted by Gasteiger charge is 2.33. The molecule has 0 aliphatic rings. The molecular formula is C31H38BrN3O6S. The first-order chi connectivity index (χ1) is 20.0. The van der Waals surface area contributed by atoms with Gasteiger partial charge in [-0.1, -0.05) is 65.3 Å². The molecule has 2 atom stereocenters. The summed E-state index contributed by atoms with van der Waals surface area (Å²) in [7, 11) is -0.993. The van der Waals surface area contributed by atoms with Crippen LogP contribution in [0.5, 0.6) is 11.5 Å². The van der Waals surface area contributed by atoms with E-state index in [1.165, 1.54) is 25.2 Å². The van der Waals surface area contributed by atoms with E-state index in [9.17, 15) is 18.0 Å². The van der Waals surface area contributed by atoms with E-state index in [4.69, 9.17) is 9.47 Å². The molecule has 0 saturated heterocycles. The number of carbonyl (C=O) groups is 2. The summed E-state index contributed by atoms with van der Waals surface area (Å²) >= 11 is 3.48. The van der Waals surface area contributed by atoms with Gasteiger partial charge in [0.15, 0.2) is 11.5 Å². The minimum Gasteiger partial charge on any atom is -0.493 e. The van der Waals surface area contributed by atoms with Crippen molar-refractivity contribution in [3.63, 3.8) is 0 Å². The normalized spacial score (nSPS) is 12.6. The zero-order valence-corrected chi connectivity index (χ0v) is 26.9. The number of nitrogens with zero attached hydrogens (tertiary/aromatic N) is 2. The van der Waals surface area contributed by atoms with Crippen LogP contribution >= 0.6 is 15.9 Å². The number of benzene rings is 3. The van der Waals surface area contributed by atoms with Gasteiger partial charge in [-0.05, 0) is 48.7 Å². The Kier molecular flexibility index (Phi) is 11.8. The molecule has 0 radical (unpaired) electrons. The van der Waals surface area contributed by atoms with Gasteiger partial charge in [0.1, 0.15) is 12.6 Å². The Labute approximate surface area is 257 Å². The third kappa shape index (κ3) is 8.96. The lowest BCUT2D eigenvalue weighted by molar-refractivity contribution is -0.140. The lowest BCUT2D eigenvalue weighted by atomic mass is 10.0. The Balaban J connectivity index is 2.08. The van der Waals surface area contributed by atoms with E-state index in [2.05, 4.69) is 21.2 Å². The molecule has 0 spiro atoms. The molecule has 0 fully saturated rings. The van der Waals surface area contributed by atoms with Crippen LogP contribution in [0.1, 0.15) is 31.4 Å². The SMILES string of the molecule is CCC(C)NC(=O)C(Cc1ccccc1)N(Cc1cccc(Br)c1)C(=O)CN(c1ccc(OC)c(OC)c1)S(C)(=O)=O. The lowest BCUT2D eigenvalue weighted by Gasteiger charge is -2.34. The van der Waals surface area contributed by atoms with Gasteiger partial charge >= 0.3 is 0 Å². The second-order valence-corrected chi connectivity index (χ2v) is 12.8. The Bertz CT molecular complexity index is 1470. The van der Waals surface area contributed by atoms with Gasteiger partial charge in [0.25, 0.3) is 0 Å². The molecule has 11 heteroatoms. The van der Waals surface area contributed by atoms with Crippen LogP contribution in [0.3, 0.4) is 0 Å². The van der Waals surface area contributed by atoms with E-state index in [0.717, 1.165) is 26.2 Å². The van der Waals surface area contributed by atoms with Crippen molar-refractivity contribution in [1.82, 2.24) is 10.2 Å². The summed E-state index contributed by atoms with van der Waals surface area (Å²) in [5, 5.41) is 3.02. The number of anilines is 1. The molecule has 0 aliphatic heterocycles.